The molecule has 3 saturated heterocycles. The van der Waals surface area contributed by atoms with Crippen LogP contribution in [0.2, 0.25) is 0 Å². The number of amides is 3. The van der Waals surface area contributed by atoms with Crippen molar-refractivity contribution in [2.24, 2.45) is 17.8 Å². The summed E-state index contributed by atoms with van der Waals surface area (Å²) >= 11 is 0. The van der Waals surface area contributed by atoms with E-state index in [0.29, 0.717) is 12.8 Å². The Morgan fingerprint density at radius 1 is 1.34 bits per heavy atom. The summed E-state index contributed by atoms with van der Waals surface area (Å²) in [6, 6.07) is -1.38. The molecule has 0 radical (unpaired) electrons. The minimum atomic E-state index is -1.07. The SMILES string of the molecule is CC[C@@H](CO)N1C(=O)[C@@H]2[C@@H](C(=O)NC)[C@]3(C)OC2(CC3C)C1C(=O)NC(C)(C)C. The van der Waals surface area contributed by atoms with E-state index in [9.17, 15) is 19.5 Å². The molecule has 1 spiro atoms. The Bertz CT molecular complexity index is 716. The normalized spacial score (nSPS) is 39.4. The van der Waals surface area contributed by atoms with Gasteiger partial charge in [-0.1, -0.05) is 13.8 Å². The summed E-state index contributed by atoms with van der Waals surface area (Å²) < 4.78 is 6.54. The number of carbonyl (C=O) groups is 3. The minimum Gasteiger partial charge on any atom is -0.394 e. The Kier molecular flexibility index (Phi) is 5.27. The molecule has 0 aromatic carbocycles. The van der Waals surface area contributed by atoms with Gasteiger partial charge in [0.25, 0.3) is 0 Å². The minimum absolute atomic E-state index is 0.00735. The largest absolute Gasteiger partial charge is 0.394 e. The number of ether oxygens (including phenoxy) is 1. The maximum absolute atomic E-state index is 13.7. The van der Waals surface area contributed by atoms with Crippen LogP contribution in [0.5, 0.6) is 0 Å². The number of aliphatic hydroxyl groups is 1. The van der Waals surface area contributed by atoms with E-state index in [1.165, 1.54) is 4.90 Å². The number of fused-ring (bicyclic) bond motifs is 1. The molecule has 3 aliphatic heterocycles. The second-order valence-electron chi connectivity index (χ2n) is 10.0. The lowest BCUT2D eigenvalue weighted by atomic mass is 9.62. The van der Waals surface area contributed by atoms with E-state index in [0.717, 1.165) is 0 Å². The summed E-state index contributed by atoms with van der Waals surface area (Å²) in [6.45, 7) is 11.2. The summed E-state index contributed by atoms with van der Waals surface area (Å²) in [7, 11) is 1.55. The monoisotopic (exact) mass is 409 g/mol. The zero-order chi connectivity index (χ0) is 21.9. The number of hydrogen-bond acceptors (Lipinski definition) is 5. The number of hydrogen-bond donors (Lipinski definition) is 3. The molecule has 3 fully saturated rings. The standard InChI is InChI=1S/C21H35N3O5/c1-8-12(10-25)24-15(17(27)23-19(3,4)5)21-9-11(2)20(6,29-21)13(16(26)22-7)14(21)18(24)28/h11-15,25H,8-10H2,1-7H3,(H,22,26)(H,23,27)/t11?,12-,13-,14-,15?,20+,21?/m0/s1. The van der Waals surface area contributed by atoms with E-state index < -0.39 is 40.7 Å². The lowest BCUT2D eigenvalue weighted by Gasteiger charge is -2.38. The van der Waals surface area contributed by atoms with E-state index in [1.807, 2.05) is 41.5 Å². The Balaban J connectivity index is 2.15. The van der Waals surface area contributed by atoms with Crippen LogP contribution >= 0.6 is 0 Å². The molecule has 2 bridgehead atoms. The number of rotatable bonds is 5. The summed E-state index contributed by atoms with van der Waals surface area (Å²) in [5, 5.41) is 15.6. The van der Waals surface area contributed by atoms with Gasteiger partial charge in [0.1, 0.15) is 11.6 Å². The van der Waals surface area contributed by atoms with E-state index in [2.05, 4.69) is 10.6 Å². The summed E-state index contributed by atoms with van der Waals surface area (Å²) in [6.07, 6.45) is 1.02. The maximum atomic E-state index is 13.7. The molecule has 3 N–H and O–H groups in total. The first-order valence-corrected chi connectivity index (χ1v) is 10.5. The van der Waals surface area contributed by atoms with Crippen LogP contribution in [0, 0.1) is 17.8 Å². The van der Waals surface area contributed by atoms with Crippen LogP contribution in [-0.4, -0.2) is 70.2 Å². The van der Waals surface area contributed by atoms with Gasteiger partial charge in [0.05, 0.1) is 30.1 Å². The van der Waals surface area contributed by atoms with Gasteiger partial charge in [-0.3, -0.25) is 14.4 Å². The highest BCUT2D eigenvalue weighted by atomic mass is 16.5. The van der Waals surface area contributed by atoms with Crippen LogP contribution in [0.25, 0.3) is 0 Å². The first-order valence-electron chi connectivity index (χ1n) is 10.5. The third-order valence-corrected chi connectivity index (χ3v) is 7.10. The molecule has 8 nitrogen and oxygen atoms in total. The van der Waals surface area contributed by atoms with Crippen molar-refractivity contribution in [3.05, 3.63) is 0 Å². The molecule has 3 amide bonds. The fourth-order valence-corrected chi connectivity index (χ4v) is 5.78. The van der Waals surface area contributed by atoms with Gasteiger partial charge < -0.3 is 25.4 Å². The fraction of sp³-hybridized carbons (Fsp3) is 0.857. The average Bonchev–Trinajstić information content (AvgIpc) is 3.12. The molecule has 0 aromatic heterocycles. The van der Waals surface area contributed by atoms with Crippen LogP contribution in [-0.2, 0) is 19.1 Å². The van der Waals surface area contributed by atoms with Crippen LogP contribution in [0.1, 0.15) is 54.4 Å². The van der Waals surface area contributed by atoms with Crippen molar-refractivity contribution in [3.63, 3.8) is 0 Å². The molecule has 164 valence electrons. The van der Waals surface area contributed by atoms with Gasteiger partial charge in [-0.2, -0.15) is 0 Å². The van der Waals surface area contributed by atoms with Crippen LogP contribution in [0.3, 0.4) is 0 Å². The quantitative estimate of drug-likeness (QED) is 0.610. The first kappa shape index (κ1) is 22.0. The Morgan fingerprint density at radius 2 is 1.97 bits per heavy atom. The lowest BCUT2D eigenvalue weighted by molar-refractivity contribution is -0.151. The highest BCUT2D eigenvalue weighted by molar-refractivity contribution is 5.99. The van der Waals surface area contributed by atoms with Crippen molar-refractivity contribution in [3.8, 4) is 0 Å². The summed E-state index contributed by atoms with van der Waals surface area (Å²) in [4.78, 5) is 41.5. The highest BCUT2D eigenvalue weighted by Gasteiger charge is 2.80. The molecule has 3 aliphatic rings. The molecule has 3 heterocycles. The Morgan fingerprint density at radius 3 is 2.45 bits per heavy atom. The fourth-order valence-electron chi connectivity index (χ4n) is 5.78. The molecule has 29 heavy (non-hydrogen) atoms. The van der Waals surface area contributed by atoms with E-state index in [-0.39, 0.29) is 30.2 Å². The third kappa shape index (κ3) is 2.98. The zero-order valence-corrected chi connectivity index (χ0v) is 18.5. The van der Waals surface area contributed by atoms with Crippen LogP contribution < -0.4 is 10.6 Å². The van der Waals surface area contributed by atoms with Gasteiger partial charge in [-0.15, -0.1) is 0 Å². The number of nitrogens with zero attached hydrogens (tertiary/aromatic N) is 1. The number of carbonyl (C=O) groups excluding carboxylic acids is 3. The second kappa shape index (κ2) is 6.94. The van der Waals surface area contributed by atoms with Gasteiger partial charge >= 0.3 is 0 Å². The van der Waals surface area contributed by atoms with Gasteiger partial charge in [-0.05, 0) is 46.5 Å². The van der Waals surface area contributed by atoms with E-state index in [1.54, 1.807) is 7.05 Å². The predicted octanol–water partition coefficient (Wildman–Crippen LogP) is 0.429. The van der Waals surface area contributed by atoms with Crippen molar-refractivity contribution < 1.29 is 24.2 Å². The summed E-state index contributed by atoms with van der Waals surface area (Å²) in [5.74, 6) is -2.21. The van der Waals surface area contributed by atoms with Gasteiger partial charge in [-0.25, -0.2) is 0 Å². The zero-order valence-electron chi connectivity index (χ0n) is 18.5. The molecule has 3 unspecified atom stereocenters. The van der Waals surface area contributed by atoms with Crippen molar-refractivity contribution in [2.45, 2.75) is 83.2 Å². The summed E-state index contributed by atoms with van der Waals surface area (Å²) in [5.41, 5.74) is -2.37. The lowest BCUT2D eigenvalue weighted by Crippen LogP contribution is -2.60. The van der Waals surface area contributed by atoms with Gasteiger partial charge in [0.2, 0.25) is 17.7 Å². The average molecular weight is 410 g/mol. The highest BCUT2D eigenvalue weighted by Crippen LogP contribution is 2.65. The topological polar surface area (TPSA) is 108 Å². The predicted molar refractivity (Wildman–Crippen MR) is 107 cm³/mol. The van der Waals surface area contributed by atoms with Crippen molar-refractivity contribution in [2.75, 3.05) is 13.7 Å². The maximum Gasteiger partial charge on any atom is 0.246 e. The Hall–Kier alpha value is -1.67. The molecule has 0 aliphatic carbocycles. The van der Waals surface area contributed by atoms with E-state index in [4.69, 9.17) is 4.74 Å². The Labute approximate surface area is 172 Å². The van der Waals surface area contributed by atoms with Crippen molar-refractivity contribution in [1.29, 1.82) is 0 Å². The number of aliphatic hydroxyl groups excluding tert-OH is 1. The van der Waals surface area contributed by atoms with Crippen LogP contribution in [0.4, 0.5) is 0 Å². The van der Waals surface area contributed by atoms with Crippen molar-refractivity contribution >= 4 is 17.7 Å². The number of likely N-dealkylation sites (tertiary alicyclic amines) is 1. The van der Waals surface area contributed by atoms with Gasteiger partial charge in [0, 0.05) is 12.6 Å². The van der Waals surface area contributed by atoms with Crippen molar-refractivity contribution in [1.82, 2.24) is 15.5 Å². The molecular weight excluding hydrogens is 374 g/mol. The van der Waals surface area contributed by atoms with Crippen LogP contribution in [0.15, 0.2) is 0 Å². The molecular formula is C21H35N3O5. The molecule has 0 aromatic rings. The van der Waals surface area contributed by atoms with Gasteiger partial charge in [0.15, 0.2) is 0 Å². The second-order valence-corrected chi connectivity index (χ2v) is 10.0. The molecule has 3 rings (SSSR count). The molecule has 8 heteroatoms. The smallest absolute Gasteiger partial charge is 0.246 e. The molecule has 7 atom stereocenters. The third-order valence-electron chi connectivity index (χ3n) is 7.10. The number of nitrogens with one attached hydrogen (secondary N) is 2. The first-order chi connectivity index (χ1) is 13.4. The molecule has 0 saturated carbocycles. The van der Waals surface area contributed by atoms with E-state index >= 15 is 0 Å².